The molecular weight excluding hydrogens is 236 g/mol. The number of nitrogens with zero attached hydrogens (tertiary/aromatic N) is 2. The molecule has 0 bridgehead atoms. The van der Waals surface area contributed by atoms with E-state index in [9.17, 15) is 4.79 Å². The maximum atomic E-state index is 10.8. The highest BCUT2D eigenvalue weighted by molar-refractivity contribution is 9.10. The van der Waals surface area contributed by atoms with Crippen molar-refractivity contribution in [2.45, 2.75) is 0 Å². The molecule has 13 heavy (non-hydrogen) atoms. The average molecular weight is 245 g/mol. The summed E-state index contributed by atoms with van der Waals surface area (Å²) in [6, 6.07) is 0. The van der Waals surface area contributed by atoms with E-state index in [0.29, 0.717) is 10.4 Å². The van der Waals surface area contributed by atoms with E-state index < -0.39 is 0 Å². The molecule has 0 unspecified atom stereocenters. The van der Waals surface area contributed by atoms with Crippen LogP contribution in [0.15, 0.2) is 17.0 Å². The van der Waals surface area contributed by atoms with Gasteiger partial charge in [0.2, 0.25) is 5.91 Å². The number of nitrogens with one attached hydrogen (secondary N) is 2. The van der Waals surface area contributed by atoms with E-state index >= 15 is 0 Å². The fourth-order valence-corrected chi connectivity index (χ4v) is 0.868. The summed E-state index contributed by atoms with van der Waals surface area (Å²) in [6.07, 6.45) is 3.11. The van der Waals surface area contributed by atoms with Gasteiger partial charge in [-0.1, -0.05) is 0 Å². The minimum Gasteiger partial charge on any atom is -0.360 e. The number of amides is 1. The lowest BCUT2D eigenvalue weighted by molar-refractivity contribution is -0.118. The number of hydrogen-bond donors (Lipinski definition) is 2. The maximum absolute atomic E-state index is 10.8. The standard InChI is InChI=1S/C7H9BrN4O/c1-9-7(13)4-12-6-3-10-5(8)2-11-6/h2-3H,4H2,1H3,(H,9,13)(H,11,12). The summed E-state index contributed by atoms with van der Waals surface area (Å²) in [6.45, 7) is 0.201. The lowest BCUT2D eigenvalue weighted by atomic mass is 10.5. The van der Waals surface area contributed by atoms with Crippen molar-refractivity contribution in [3.8, 4) is 0 Å². The quantitative estimate of drug-likeness (QED) is 0.808. The molecule has 6 heteroatoms. The number of rotatable bonds is 3. The highest BCUT2D eigenvalue weighted by atomic mass is 79.9. The third-order valence-corrected chi connectivity index (χ3v) is 1.74. The van der Waals surface area contributed by atoms with Crippen molar-refractivity contribution in [1.29, 1.82) is 0 Å². The second-order valence-corrected chi connectivity index (χ2v) is 3.06. The van der Waals surface area contributed by atoms with Crippen LogP contribution in [0.5, 0.6) is 0 Å². The SMILES string of the molecule is CNC(=O)CNc1cnc(Br)cn1. The number of likely N-dealkylation sites (N-methyl/N-ethyl adjacent to an activating group) is 1. The Labute approximate surface area is 84.1 Å². The zero-order valence-corrected chi connectivity index (χ0v) is 8.63. The molecule has 0 aliphatic heterocycles. The molecule has 70 valence electrons. The van der Waals surface area contributed by atoms with E-state index in [1.165, 1.54) is 0 Å². The van der Waals surface area contributed by atoms with Gasteiger partial charge in [-0.25, -0.2) is 9.97 Å². The number of aromatic nitrogens is 2. The molecule has 0 radical (unpaired) electrons. The fraction of sp³-hybridized carbons (Fsp3) is 0.286. The summed E-state index contributed by atoms with van der Waals surface area (Å²) in [5.74, 6) is 0.483. The van der Waals surface area contributed by atoms with Gasteiger partial charge >= 0.3 is 0 Å². The van der Waals surface area contributed by atoms with Crippen LogP contribution in [0.4, 0.5) is 5.82 Å². The van der Waals surface area contributed by atoms with Crippen molar-refractivity contribution in [3.63, 3.8) is 0 Å². The molecule has 2 N–H and O–H groups in total. The van der Waals surface area contributed by atoms with Crippen molar-refractivity contribution in [2.24, 2.45) is 0 Å². The van der Waals surface area contributed by atoms with Crippen molar-refractivity contribution in [3.05, 3.63) is 17.0 Å². The summed E-state index contributed by atoms with van der Waals surface area (Å²) in [4.78, 5) is 18.7. The largest absolute Gasteiger partial charge is 0.360 e. The van der Waals surface area contributed by atoms with Crippen LogP contribution in [-0.4, -0.2) is 29.5 Å². The second-order valence-electron chi connectivity index (χ2n) is 2.25. The molecule has 0 spiro atoms. The minimum absolute atomic E-state index is 0.0929. The zero-order chi connectivity index (χ0) is 9.68. The Hall–Kier alpha value is -1.17. The van der Waals surface area contributed by atoms with E-state index in [1.54, 1.807) is 19.4 Å². The second kappa shape index (κ2) is 4.76. The van der Waals surface area contributed by atoms with E-state index in [0.717, 1.165) is 0 Å². The van der Waals surface area contributed by atoms with Gasteiger partial charge in [0.05, 0.1) is 18.9 Å². The van der Waals surface area contributed by atoms with Crippen LogP contribution < -0.4 is 10.6 Å². The van der Waals surface area contributed by atoms with Crippen LogP contribution in [0.3, 0.4) is 0 Å². The molecule has 1 amide bonds. The molecule has 0 saturated heterocycles. The van der Waals surface area contributed by atoms with E-state index in [1.807, 2.05) is 0 Å². The highest BCUT2D eigenvalue weighted by Gasteiger charge is 1.98. The van der Waals surface area contributed by atoms with Gasteiger partial charge in [0.1, 0.15) is 10.4 Å². The molecule has 0 atom stereocenters. The monoisotopic (exact) mass is 244 g/mol. The van der Waals surface area contributed by atoms with Crippen molar-refractivity contribution in [1.82, 2.24) is 15.3 Å². The summed E-state index contributed by atoms with van der Waals surface area (Å²) in [5.41, 5.74) is 0. The van der Waals surface area contributed by atoms with Gasteiger partial charge in [-0.15, -0.1) is 0 Å². The molecule has 5 nitrogen and oxygen atoms in total. The van der Waals surface area contributed by atoms with Crippen LogP contribution >= 0.6 is 15.9 Å². The smallest absolute Gasteiger partial charge is 0.239 e. The molecule has 1 aromatic rings. The normalized spacial score (nSPS) is 9.38. The Morgan fingerprint density at radius 2 is 2.31 bits per heavy atom. The van der Waals surface area contributed by atoms with Crippen molar-refractivity contribution < 1.29 is 4.79 Å². The molecule has 1 rings (SSSR count). The number of hydrogen-bond acceptors (Lipinski definition) is 4. The number of carbonyl (C=O) groups is 1. The first-order chi connectivity index (χ1) is 6.22. The summed E-state index contributed by atoms with van der Waals surface area (Å²) < 4.78 is 0.665. The van der Waals surface area contributed by atoms with Gasteiger partial charge in [0.15, 0.2) is 0 Å². The van der Waals surface area contributed by atoms with Gasteiger partial charge in [-0.05, 0) is 15.9 Å². The molecule has 0 fully saturated rings. The maximum Gasteiger partial charge on any atom is 0.239 e. The third kappa shape index (κ3) is 3.37. The van der Waals surface area contributed by atoms with Gasteiger partial charge < -0.3 is 10.6 Å². The number of halogens is 1. The predicted molar refractivity (Wildman–Crippen MR) is 52.3 cm³/mol. The van der Waals surface area contributed by atoms with Crippen LogP contribution in [0.25, 0.3) is 0 Å². The fourth-order valence-electron chi connectivity index (χ4n) is 0.663. The van der Waals surface area contributed by atoms with Gasteiger partial charge in [0, 0.05) is 7.05 Å². The van der Waals surface area contributed by atoms with Gasteiger partial charge in [-0.3, -0.25) is 4.79 Å². The Morgan fingerprint density at radius 3 is 2.85 bits per heavy atom. The van der Waals surface area contributed by atoms with Crippen LogP contribution in [0.2, 0.25) is 0 Å². The molecule has 1 heterocycles. The first-order valence-corrected chi connectivity index (χ1v) is 4.43. The summed E-state index contributed by atoms with van der Waals surface area (Å²) in [5, 5.41) is 5.30. The molecule has 0 aliphatic rings. The number of carbonyl (C=O) groups excluding carboxylic acids is 1. The molecule has 0 saturated carbocycles. The lowest BCUT2D eigenvalue weighted by Crippen LogP contribution is -2.26. The Bertz CT molecular complexity index is 287. The Balaban J connectivity index is 2.46. The first kappa shape index (κ1) is 9.91. The van der Waals surface area contributed by atoms with Crippen LogP contribution in [0.1, 0.15) is 0 Å². The van der Waals surface area contributed by atoms with Crippen molar-refractivity contribution in [2.75, 3.05) is 18.9 Å². The predicted octanol–water partition coefficient (Wildman–Crippen LogP) is 0.397. The third-order valence-electron chi connectivity index (χ3n) is 1.33. The Morgan fingerprint density at radius 1 is 1.54 bits per heavy atom. The van der Waals surface area contributed by atoms with Crippen molar-refractivity contribution >= 4 is 27.7 Å². The van der Waals surface area contributed by atoms with E-state index in [2.05, 4.69) is 36.5 Å². The van der Waals surface area contributed by atoms with Gasteiger partial charge in [0.25, 0.3) is 0 Å². The summed E-state index contributed by atoms with van der Waals surface area (Å²) in [7, 11) is 1.58. The minimum atomic E-state index is -0.0929. The molecule has 0 aromatic carbocycles. The zero-order valence-electron chi connectivity index (χ0n) is 7.04. The Kier molecular flexibility index (Phi) is 3.63. The summed E-state index contributed by atoms with van der Waals surface area (Å²) >= 11 is 3.16. The average Bonchev–Trinajstić information content (AvgIpc) is 2.16. The molecular formula is C7H9BrN4O. The van der Waals surface area contributed by atoms with Crippen LogP contribution in [0, 0.1) is 0 Å². The lowest BCUT2D eigenvalue weighted by Gasteiger charge is -2.02. The molecule has 1 aromatic heterocycles. The van der Waals surface area contributed by atoms with Crippen LogP contribution in [-0.2, 0) is 4.79 Å². The first-order valence-electron chi connectivity index (χ1n) is 3.64. The van der Waals surface area contributed by atoms with Gasteiger partial charge in [-0.2, -0.15) is 0 Å². The highest BCUT2D eigenvalue weighted by Crippen LogP contribution is 2.05. The number of anilines is 1. The van der Waals surface area contributed by atoms with E-state index in [-0.39, 0.29) is 12.5 Å². The van der Waals surface area contributed by atoms with E-state index in [4.69, 9.17) is 0 Å². The molecule has 0 aliphatic carbocycles. The topological polar surface area (TPSA) is 66.9 Å².